The molecule has 0 aliphatic heterocycles. The molecule has 0 amide bonds. The van der Waals surface area contributed by atoms with Gasteiger partial charge in [-0.1, -0.05) is 67.7 Å². The number of benzene rings is 1. The zero-order valence-electron chi connectivity index (χ0n) is 15.9. The first-order valence-electron chi connectivity index (χ1n) is 8.99. The third kappa shape index (κ3) is 6.12. The van der Waals surface area contributed by atoms with Crippen molar-refractivity contribution in [2.24, 2.45) is 10.6 Å². The van der Waals surface area contributed by atoms with Crippen molar-refractivity contribution >= 4 is 40.8 Å². The fourth-order valence-corrected chi connectivity index (χ4v) is 3.51. The summed E-state index contributed by atoms with van der Waals surface area (Å²) >= 11 is 12.0. The molecule has 0 atom stereocenters. The number of carbonyl (C=O) groups excluding carboxylic acids is 1. The third-order valence-corrected chi connectivity index (χ3v) is 4.80. The first kappa shape index (κ1) is 21.5. The molecule has 0 radical (unpaired) electrons. The Morgan fingerprint density at radius 3 is 2.70 bits per heavy atom. The van der Waals surface area contributed by atoms with Crippen molar-refractivity contribution in [3.8, 4) is 0 Å². The zero-order chi connectivity index (χ0) is 20.0. The van der Waals surface area contributed by atoms with Crippen LogP contribution in [0.3, 0.4) is 0 Å². The Bertz CT molecular complexity index is 795. The van der Waals surface area contributed by atoms with Gasteiger partial charge in [-0.2, -0.15) is 0 Å². The molecule has 0 spiro atoms. The Morgan fingerprint density at radius 2 is 2.07 bits per heavy atom. The SMILES string of the molecule is CCCC(=NOCC=Cc1ccc(Cl)cc1Cl)C1=C(O)CC(C)(C)CC1=O. The van der Waals surface area contributed by atoms with Crippen molar-refractivity contribution in [1.29, 1.82) is 0 Å². The summed E-state index contributed by atoms with van der Waals surface area (Å²) in [6, 6.07) is 5.25. The minimum absolute atomic E-state index is 0.0805. The molecule has 1 N–H and O–H groups in total. The lowest BCUT2D eigenvalue weighted by Gasteiger charge is -2.29. The molecule has 1 aromatic rings. The molecule has 1 aromatic carbocycles. The van der Waals surface area contributed by atoms with E-state index in [1.165, 1.54) is 0 Å². The van der Waals surface area contributed by atoms with Crippen LogP contribution in [0.15, 0.2) is 40.8 Å². The number of allylic oxidation sites excluding steroid dienone is 2. The molecule has 6 heteroatoms. The number of rotatable bonds is 7. The van der Waals surface area contributed by atoms with Crippen molar-refractivity contribution in [3.05, 3.63) is 51.2 Å². The first-order valence-corrected chi connectivity index (χ1v) is 9.75. The monoisotopic (exact) mass is 409 g/mol. The van der Waals surface area contributed by atoms with E-state index in [0.29, 0.717) is 40.6 Å². The molecule has 4 nitrogen and oxygen atoms in total. The summed E-state index contributed by atoms with van der Waals surface area (Å²) in [6.45, 7) is 6.15. The number of ketones is 1. The maximum Gasteiger partial charge on any atom is 0.168 e. The number of nitrogens with zero attached hydrogens (tertiary/aromatic N) is 1. The quantitative estimate of drug-likeness (QED) is 0.322. The number of hydrogen-bond acceptors (Lipinski definition) is 4. The number of aliphatic hydroxyl groups is 1. The molecule has 27 heavy (non-hydrogen) atoms. The summed E-state index contributed by atoms with van der Waals surface area (Å²) in [7, 11) is 0. The van der Waals surface area contributed by atoms with Gasteiger partial charge in [0.05, 0.1) is 11.3 Å². The van der Waals surface area contributed by atoms with Crippen LogP contribution >= 0.6 is 23.2 Å². The van der Waals surface area contributed by atoms with Gasteiger partial charge in [0.1, 0.15) is 12.4 Å². The summed E-state index contributed by atoms with van der Waals surface area (Å²) in [6.07, 6.45) is 5.82. The number of hydrogen-bond donors (Lipinski definition) is 1. The van der Waals surface area contributed by atoms with Crippen LogP contribution in [0.2, 0.25) is 10.0 Å². The van der Waals surface area contributed by atoms with Crippen LogP contribution in [0.25, 0.3) is 6.08 Å². The summed E-state index contributed by atoms with van der Waals surface area (Å²) in [5.41, 5.74) is 1.42. The van der Waals surface area contributed by atoms with E-state index in [4.69, 9.17) is 28.0 Å². The van der Waals surface area contributed by atoms with Crippen LogP contribution in [0.1, 0.15) is 52.0 Å². The highest BCUT2D eigenvalue weighted by Crippen LogP contribution is 2.36. The second-order valence-electron chi connectivity index (χ2n) is 7.41. The molecule has 0 unspecified atom stereocenters. The molecular formula is C21H25Cl2NO3. The zero-order valence-corrected chi connectivity index (χ0v) is 17.4. The van der Waals surface area contributed by atoms with Crippen molar-refractivity contribution in [2.75, 3.05) is 6.61 Å². The topological polar surface area (TPSA) is 58.9 Å². The number of carbonyl (C=O) groups is 1. The maximum atomic E-state index is 12.5. The lowest BCUT2D eigenvalue weighted by molar-refractivity contribution is -0.118. The normalized spacial score (nSPS) is 17.7. The Kier molecular flexibility index (Phi) is 7.51. The van der Waals surface area contributed by atoms with Gasteiger partial charge in [0.15, 0.2) is 5.78 Å². The average molecular weight is 410 g/mol. The van der Waals surface area contributed by atoms with Crippen LogP contribution < -0.4 is 0 Å². The highest BCUT2D eigenvalue weighted by molar-refractivity contribution is 6.35. The highest BCUT2D eigenvalue weighted by atomic mass is 35.5. The smallest absolute Gasteiger partial charge is 0.168 e. The van der Waals surface area contributed by atoms with E-state index < -0.39 is 0 Å². The van der Waals surface area contributed by atoms with E-state index in [2.05, 4.69) is 5.16 Å². The molecular weight excluding hydrogens is 385 g/mol. The molecule has 1 aliphatic rings. The molecule has 0 aromatic heterocycles. The van der Waals surface area contributed by atoms with Gasteiger partial charge < -0.3 is 9.94 Å². The number of halogens is 2. The Morgan fingerprint density at radius 1 is 1.33 bits per heavy atom. The largest absolute Gasteiger partial charge is 0.511 e. The fraction of sp³-hybridized carbons (Fsp3) is 0.429. The molecule has 0 heterocycles. The molecule has 0 saturated carbocycles. The van der Waals surface area contributed by atoms with Gasteiger partial charge in [-0.25, -0.2) is 0 Å². The van der Waals surface area contributed by atoms with Gasteiger partial charge in [-0.05, 0) is 35.6 Å². The molecule has 0 fully saturated rings. The predicted molar refractivity (Wildman–Crippen MR) is 111 cm³/mol. The van der Waals surface area contributed by atoms with Crippen LogP contribution in [-0.2, 0) is 9.63 Å². The molecule has 2 rings (SSSR count). The fourth-order valence-electron chi connectivity index (χ4n) is 3.04. The van der Waals surface area contributed by atoms with E-state index >= 15 is 0 Å². The van der Waals surface area contributed by atoms with E-state index in [1.807, 2.05) is 32.9 Å². The van der Waals surface area contributed by atoms with Crippen LogP contribution in [0, 0.1) is 5.41 Å². The van der Waals surface area contributed by atoms with Crippen molar-refractivity contribution in [3.63, 3.8) is 0 Å². The molecule has 146 valence electrons. The van der Waals surface area contributed by atoms with Gasteiger partial charge in [-0.3, -0.25) is 4.79 Å². The van der Waals surface area contributed by atoms with Gasteiger partial charge in [0.2, 0.25) is 0 Å². The summed E-state index contributed by atoms with van der Waals surface area (Å²) in [5.74, 6) is 0.0265. The average Bonchev–Trinajstić information content (AvgIpc) is 2.54. The van der Waals surface area contributed by atoms with Gasteiger partial charge >= 0.3 is 0 Å². The Hall–Kier alpha value is -1.78. The first-order chi connectivity index (χ1) is 12.7. The lowest BCUT2D eigenvalue weighted by Crippen LogP contribution is -2.29. The standard InChI is InChI=1S/C21H25Cl2NO3/c1-4-6-17(20-18(25)12-21(2,3)13-19(20)26)24-27-10-5-7-14-8-9-15(22)11-16(14)23/h5,7-9,11,25H,4,6,10,12-13H2,1-3H3. The molecule has 1 aliphatic carbocycles. The third-order valence-electron chi connectivity index (χ3n) is 4.23. The minimum atomic E-state index is -0.233. The summed E-state index contributed by atoms with van der Waals surface area (Å²) < 4.78 is 0. The number of aliphatic hydroxyl groups excluding tert-OH is 1. The maximum absolute atomic E-state index is 12.5. The van der Waals surface area contributed by atoms with E-state index in [9.17, 15) is 9.90 Å². The van der Waals surface area contributed by atoms with E-state index in [0.717, 1.165) is 12.0 Å². The van der Waals surface area contributed by atoms with Gasteiger partial charge in [0.25, 0.3) is 0 Å². The second kappa shape index (κ2) is 9.43. The highest BCUT2D eigenvalue weighted by Gasteiger charge is 2.35. The van der Waals surface area contributed by atoms with Gasteiger partial charge in [0, 0.05) is 22.9 Å². The Labute approximate surface area is 170 Å². The number of oxime groups is 1. The van der Waals surface area contributed by atoms with E-state index in [1.54, 1.807) is 18.2 Å². The Balaban J connectivity index is 2.07. The predicted octanol–water partition coefficient (Wildman–Crippen LogP) is 6.38. The van der Waals surface area contributed by atoms with Gasteiger partial charge in [-0.15, -0.1) is 0 Å². The van der Waals surface area contributed by atoms with Crippen molar-refractivity contribution < 1.29 is 14.7 Å². The van der Waals surface area contributed by atoms with Crippen LogP contribution in [0.5, 0.6) is 0 Å². The summed E-state index contributed by atoms with van der Waals surface area (Å²) in [5, 5.41) is 15.6. The van der Waals surface area contributed by atoms with Crippen molar-refractivity contribution in [1.82, 2.24) is 0 Å². The van der Waals surface area contributed by atoms with Crippen molar-refractivity contribution in [2.45, 2.75) is 46.5 Å². The summed E-state index contributed by atoms with van der Waals surface area (Å²) in [4.78, 5) is 17.9. The van der Waals surface area contributed by atoms with E-state index in [-0.39, 0.29) is 23.6 Å². The number of Topliss-reactive ketones (excluding diaryl/α,β-unsaturated/α-hetero) is 1. The molecule has 0 bridgehead atoms. The lowest BCUT2D eigenvalue weighted by atomic mass is 9.75. The van der Waals surface area contributed by atoms with Crippen LogP contribution in [-0.4, -0.2) is 23.2 Å². The minimum Gasteiger partial charge on any atom is -0.511 e. The van der Waals surface area contributed by atoms with Crippen LogP contribution in [0.4, 0.5) is 0 Å². The second-order valence-corrected chi connectivity index (χ2v) is 8.26. The molecule has 0 saturated heterocycles.